The van der Waals surface area contributed by atoms with Gasteiger partial charge < -0.3 is 5.32 Å². The number of amides is 1. The Balaban J connectivity index is 1.93. The van der Waals surface area contributed by atoms with E-state index in [9.17, 15) is 13.6 Å². The van der Waals surface area contributed by atoms with Crippen LogP contribution in [-0.4, -0.2) is 20.5 Å². The number of nitrogens with zero attached hydrogens (tertiary/aromatic N) is 3. The molecule has 1 aromatic carbocycles. The molecule has 0 aliphatic carbocycles. The lowest BCUT2D eigenvalue weighted by Crippen LogP contribution is -2.16. The summed E-state index contributed by atoms with van der Waals surface area (Å²) in [6.45, 7) is 0. The van der Waals surface area contributed by atoms with Crippen molar-refractivity contribution in [2.24, 2.45) is 0 Å². The van der Waals surface area contributed by atoms with Gasteiger partial charge in [-0.3, -0.25) is 4.79 Å². The zero-order valence-electron chi connectivity index (χ0n) is 10.0. The molecule has 2 heterocycles. The van der Waals surface area contributed by atoms with Crippen molar-refractivity contribution < 1.29 is 13.6 Å². The number of carbonyl (C=O) groups excluding carboxylic acids is 1. The number of benzene rings is 1. The molecule has 0 radical (unpaired) electrons. The van der Waals surface area contributed by atoms with Crippen LogP contribution in [0.3, 0.4) is 0 Å². The van der Waals surface area contributed by atoms with Gasteiger partial charge in [-0.1, -0.05) is 0 Å². The quantitative estimate of drug-likeness (QED) is 0.779. The Kier molecular flexibility index (Phi) is 2.86. The van der Waals surface area contributed by atoms with Gasteiger partial charge in [-0.2, -0.15) is 5.10 Å². The van der Waals surface area contributed by atoms with E-state index >= 15 is 0 Å². The van der Waals surface area contributed by atoms with Crippen molar-refractivity contribution in [2.45, 2.75) is 0 Å². The fraction of sp³-hybridized carbons (Fsp3) is 0. The third-order valence-electron chi connectivity index (χ3n) is 2.70. The molecule has 1 amide bonds. The SMILES string of the molecule is O=C(Nc1ccc(F)c(F)c1)c1ccnc2ccnn12. The topological polar surface area (TPSA) is 59.3 Å². The molecule has 0 aliphatic rings. The minimum atomic E-state index is -1.03. The van der Waals surface area contributed by atoms with Crippen molar-refractivity contribution in [3.8, 4) is 0 Å². The first kappa shape index (κ1) is 12.2. The largest absolute Gasteiger partial charge is 0.321 e. The summed E-state index contributed by atoms with van der Waals surface area (Å²) in [5.74, 6) is -2.49. The van der Waals surface area contributed by atoms with Gasteiger partial charge in [0.15, 0.2) is 17.3 Å². The van der Waals surface area contributed by atoms with Crippen molar-refractivity contribution >= 4 is 17.2 Å². The van der Waals surface area contributed by atoms with E-state index in [4.69, 9.17) is 0 Å². The number of fused-ring (bicyclic) bond motifs is 1. The number of aromatic nitrogens is 3. The molecule has 0 saturated heterocycles. The Bertz CT molecular complexity index is 800. The van der Waals surface area contributed by atoms with Crippen LogP contribution in [0.1, 0.15) is 10.5 Å². The summed E-state index contributed by atoms with van der Waals surface area (Å²) >= 11 is 0. The van der Waals surface area contributed by atoms with E-state index in [1.54, 1.807) is 6.07 Å². The van der Waals surface area contributed by atoms with Gasteiger partial charge in [0.1, 0.15) is 5.69 Å². The van der Waals surface area contributed by atoms with Crippen LogP contribution < -0.4 is 5.32 Å². The second kappa shape index (κ2) is 4.69. The van der Waals surface area contributed by atoms with E-state index in [1.165, 1.54) is 29.0 Å². The molecular formula is C13H8F2N4O. The Morgan fingerprint density at radius 1 is 1.10 bits per heavy atom. The van der Waals surface area contributed by atoms with Crippen LogP contribution in [-0.2, 0) is 0 Å². The maximum atomic E-state index is 13.1. The van der Waals surface area contributed by atoms with E-state index in [2.05, 4.69) is 15.4 Å². The number of hydrogen-bond acceptors (Lipinski definition) is 3. The van der Waals surface area contributed by atoms with Gasteiger partial charge in [0.25, 0.3) is 5.91 Å². The molecule has 20 heavy (non-hydrogen) atoms. The molecule has 0 saturated carbocycles. The summed E-state index contributed by atoms with van der Waals surface area (Å²) in [5, 5.41) is 6.45. The van der Waals surface area contributed by atoms with Crippen molar-refractivity contribution in [3.05, 3.63) is 60.1 Å². The molecule has 0 atom stereocenters. The highest BCUT2D eigenvalue weighted by Gasteiger charge is 2.12. The van der Waals surface area contributed by atoms with Gasteiger partial charge in [0, 0.05) is 24.0 Å². The van der Waals surface area contributed by atoms with Crippen LogP contribution in [0, 0.1) is 11.6 Å². The molecule has 100 valence electrons. The molecule has 3 rings (SSSR count). The maximum absolute atomic E-state index is 13.1. The first-order chi connectivity index (χ1) is 9.65. The summed E-state index contributed by atoms with van der Waals surface area (Å²) in [5.41, 5.74) is 0.915. The third kappa shape index (κ3) is 2.09. The lowest BCUT2D eigenvalue weighted by molar-refractivity contribution is 0.102. The van der Waals surface area contributed by atoms with Gasteiger partial charge in [-0.15, -0.1) is 0 Å². The zero-order chi connectivity index (χ0) is 14.1. The molecular weight excluding hydrogens is 266 g/mol. The highest BCUT2D eigenvalue weighted by atomic mass is 19.2. The van der Waals surface area contributed by atoms with Gasteiger partial charge in [0.2, 0.25) is 0 Å². The second-order valence-corrected chi connectivity index (χ2v) is 4.01. The van der Waals surface area contributed by atoms with Gasteiger partial charge in [-0.25, -0.2) is 18.3 Å². The summed E-state index contributed by atoms with van der Waals surface area (Å²) in [4.78, 5) is 16.1. The number of carbonyl (C=O) groups is 1. The van der Waals surface area contributed by atoms with Gasteiger partial charge >= 0.3 is 0 Å². The maximum Gasteiger partial charge on any atom is 0.274 e. The minimum Gasteiger partial charge on any atom is -0.321 e. The van der Waals surface area contributed by atoms with Gasteiger partial charge in [-0.05, 0) is 18.2 Å². The summed E-state index contributed by atoms with van der Waals surface area (Å²) in [6.07, 6.45) is 2.98. The predicted molar refractivity (Wildman–Crippen MR) is 67.3 cm³/mol. The van der Waals surface area contributed by atoms with Crippen molar-refractivity contribution in [1.82, 2.24) is 14.6 Å². The highest BCUT2D eigenvalue weighted by molar-refractivity contribution is 6.03. The lowest BCUT2D eigenvalue weighted by atomic mass is 10.3. The fourth-order valence-corrected chi connectivity index (χ4v) is 1.78. The van der Waals surface area contributed by atoms with E-state index in [0.29, 0.717) is 5.65 Å². The van der Waals surface area contributed by atoms with Crippen LogP contribution in [0.25, 0.3) is 5.65 Å². The Hall–Kier alpha value is -2.83. The van der Waals surface area contributed by atoms with Crippen LogP contribution in [0.5, 0.6) is 0 Å². The molecule has 0 aliphatic heterocycles. The molecule has 5 nitrogen and oxygen atoms in total. The molecule has 2 aromatic heterocycles. The minimum absolute atomic E-state index is 0.158. The highest BCUT2D eigenvalue weighted by Crippen LogP contribution is 2.14. The number of hydrogen-bond donors (Lipinski definition) is 1. The summed E-state index contributed by atoms with van der Waals surface area (Å²) in [6, 6.07) is 6.26. The summed E-state index contributed by atoms with van der Waals surface area (Å²) < 4.78 is 27.3. The molecule has 1 N–H and O–H groups in total. The number of anilines is 1. The summed E-state index contributed by atoms with van der Waals surface area (Å²) in [7, 11) is 0. The third-order valence-corrected chi connectivity index (χ3v) is 2.70. The fourth-order valence-electron chi connectivity index (χ4n) is 1.78. The average Bonchev–Trinajstić information content (AvgIpc) is 2.91. The van der Waals surface area contributed by atoms with E-state index < -0.39 is 17.5 Å². The van der Waals surface area contributed by atoms with Crippen molar-refractivity contribution in [2.75, 3.05) is 5.32 Å². The Labute approximate surface area is 111 Å². The van der Waals surface area contributed by atoms with Gasteiger partial charge in [0.05, 0.1) is 6.20 Å². The molecule has 0 unspecified atom stereocenters. The number of nitrogens with one attached hydrogen (secondary N) is 1. The molecule has 0 fully saturated rings. The van der Waals surface area contributed by atoms with Crippen LogP contribution in [0.2, 0.25) is 0 Å². The smallest absolute Gasteiger partial charge is 0.274 e. The standard InChI is InChI=1S/C13H8F2N4O/c14-9-2-1-8(7-10(9)15)18-13(20)11-3-5-16-12-4-6-17-19(11)12/h1-7H,(H,18,20). The normalized spacial score (nSPS) is 10.7. The molecule has 0 spiro atoms. The Morgan fingerprint density at radius 2 is 1.95 bits per heavy atom. The monoisotopic (exact) mass is 274 g/mol. The van der Waals surface area contributed by atoms with Crippen LogP contribution >= 0.6 is 0 Å². The van der Waals surface area contributed by atoms with E-state index in [0.717, 1.165) is 12.1 Å². The number of halogens is 2. The first-order valence-electron chi connectivity index (χ1n) is 5.70. The molecule has 7 heteroatoms. The van der Waals surface area contributed by atoms with E-state index in [1.807, 2.05) is 0 Å². The van der Waals surface area contributed by atoms with E-state index in [-0.39, 0.29) is 11.4 Å². The number of rotatable bonds is 2. The van der Waals surface area contributed by atoms with Crippen molar-refractivity contribution in [3.63, 3.8) is 0 Å². The molecule has 3 aromatic rings. The molecule has 0 bridgehead atoms. The second-order valence-electron chi connectivity index (χ2n) is 4.01. The van der Waals surface area contributed by atoms with Crippen molar-refractivity contribution in [1.29, 1.82) is 0 Å². The zero-order valence-corrected chi connectivity index (χ0v) is 10.0. The van der Waals surface area contributed by atoms with Crippen LogP contribution in [0.4, 0.5) is 14.5 Å². The average molecular weight is 274 g/mol. The lowest BCUT2D eigenvalue weighted by Gasteiger charge is -2.06. The Morgan fingerprint density at radius 3 is 2.75 bits per heavy atom. The van der Waals surface area contributed by atoms with Crippen LogP contribution in [0.15, 0.2) is 42.7 Å². The first-order valence-corrected chi connectivity index (χ1v) is 5.70. The predicted octanol–water partition coefficient (Wildman–Crippen LogP) is 2.26.